The number of benzene rings is 2. The van der Waals surface area contributed by atoms with E-state index in [0.29, 0.717) is 5.92 Å². The normalized spacial score (nSPS) is 14.0. The van der Waals surface area contributed by atoms with Gasteiger partial charge in [-0.1, -0.05) is 75.7 Å². The summed E-state index contributed by atoms with van der Waals surface area (Å²) in [6.07, 6.45) is 5.21. The van der Waals surface area contributed by atoms with E-state index in [1.165, 1.54) is 22.3 Å². The summed E-state index contributed by atoms with van der Waals surface area (Å²) in [6, 6.07) is 28.7. The molecule has 0 unspecified atom stereocenters. The Morgan fingerprint density at radius 1 is 0.698 bits per heavy atom. The van der Waals surface area contributed by atoms with Crippen molar-refractivity contribution in [2.75, 3.05) is 0 Å². The second-order valence-corrected chi connectivity index (χ2v) is 13.1. The van der Waals surface area contributed by atoms with Gasteiger partial charge in [-0.05, 0) is 90.6 Å². The van der Waals surface area contributed by atoms with Crippen molar-refractivity contribution in [1.82, 2.24) is 19.9 Å². The number of nitrogens with one attached hydrogen (secondary N) is 2. The monoisotopic (exact) mass is 562 g/mol. The molecule has 0 saturated carbocycles. The fraction of sp³-hybridized carbons (Fsp3) is 0.231. The fourth-order valence-electron chi connectivity index (χ4n) is 6.44. The van der Waals surface area contributed by atoms with E-state index in [0.717, 1.165) is 68.0 Å². The molecule has 8 bridgehead atoms. The highest BCUT2D eigenvalue weighted by Crippen LogP contribution is 2.37. The molecule has 0 saturated heterocycles. The fourth-order valence-corrected chi connectivity index (χ4v) is 6.44. The molecule has 2 aromatic carbocycles. The van der Waals surface area contributed by atoms with E-state index < -0.39 is 0 Å². The Morgan fingerprint density at radius 3 is 2.02 bits per heavy atom. The Labute approximate surface area is 253 Å². The Bertz CT molecular complexity index is 2070. The minimum atomic E-state index is -0.0578. The van der Waals surface area contributed by atoms with Gasteiger partial charge in [0.05, 0.1) is 11.4 Å². The molecule has 4 nitrogen and oxygen atoms in total. The molecule has 2 N–H and O–H groups in total. The number of hydrogen-bond donors (Lipinski definition) is 2. The van der Waals surface area contributed by atoms with Crippen LogP contribution in [0.25, 0.3) is 56.5 Å². The first-order valence-electron chi connectivity index (χ1n) is 15.2. The number of nitrogens with zero attached hydrogens (tertiary/aromatic N) is 2. The molecule has 7 rings (SSSR count). The van der Waals surface area contributed by atoms with Gasteiger partial charge in [-0.25, -0.2) is 4.98 Å². The van der Waals surface area contributed by atoms with Crippen molar-refractivity contribution in [3.8, 4) is 22.3 Å². The van der Waals surface area contributed by atoms with E-state index in [1.54, 1.807) is 0 Å². The Hall–Kier alpha value is -4.70. The number of hydrogen-bond acceptors (Lipinski definition) is 2. The average Bonchev–Trinajstić information content (AvgIpc) is 3.76. The largest absolute Gasteiger partial charge is 0.355 e. The molecule has 2 aliphatic heterocycles. The Balaban J connectivity index is 1.61. The number of H-pyrrole nitrogens is 2. The molecule has 43 heavy (non-hydrogen) atoms. The maximum absolute atomic E-state index is 5.34. The van der Waals surface area contributed by atoms with Crippen molar-refractivity contribution in [2.45, 2.75) is 59.3 Å². The van der Waals surface area contributed by atoms with Gasteiger partial charge >= 0.3 is 0 Å². The molecule has 0 spiro atoms. The van der Waals surface area contributed by atoms with Crippen LogP contribution in [0.3, 0.4) is 0 Å². The van der Waals surface area contributed by atoms with Crippen LogP contribution in [0.4, 0.5) is 0 Å². The third kappa shape index (κ3) is 5.01. The minimum absolute atomic E-state index is 0.0578. The Morgan fingerprint density at radius 2 is 1.35 bits per heavy atom. The van der Waals surface area contributed by atoms with Crippen LogP contribution in [-0.2, 0) is 11.8 Å². The van der Waals surface area contributed by atoms with Gasteiger partial charge in [-0.3, -0.25) is 4.98 Å². The number of aryl methyl sites for hydroxylation is 2. The van der Waals surface area contributed by atoms with Gasteiger partial charge in [0.1, 0.15) is 0 Å². The van der Waals surface area contributed by atoms with Crippen LogP contribution in [-0.4, -0.2) is 19.9 Å². The lowest BCUT2D eigenvalue weighted by atomic mass is 9.87. The van der Waals surface area contributed by atoms with Crippen molar-refractivity contribution in [3.63, 3.8) is 0 Å². The van der Waals surface area contributed by atoms with Crippen LogP contribution < -0.4 is 0 Å². The third-order valence-electron chi connectivity index (χ3n) is 8.82. The molecule has 5 aromatic rings. The molecule has 214 valence electrons. The van der Waals surface area contributed by atoms with Gasteiger partial charge in [0.15, 0.2) is 0 Å². The lowest BCUT2D eigenvalue weighted by molar-refractivity contribution is 0.543. The molecule has 0 atom stereocenters. The van der Waals surface area contributed by atoms with Gasteiger partial charge < -0.3 is 9.97 Å². The number of aromatic amines is 2. The van der Waals surface area contributed by atoms with E-state index in [9.17, 15) is 0 Å². The lowest BCUT2D eigenvalue weighted by Gasteiger charge is -2.15. The lowest BCUT2D eigenvalue weighted by Crippen LogP contribution is -2.14. The molecule has 0 aliphatic carbocycles. The van der Waals surface area contributed by atoms with Crippen LogP contribution in [0.5, 0.6) is 0 Å². The van der Waals surface area contributed by atoms with Gasteiger partial charge in [-0.15, -0.1) is 0 Å². The van der Waals surface area contributed by atoms with Gasteiger partial charge in [0.25, 0.3) is 0 Å². The van der Waals surface area contributed by atoms with Crippen LogP contribution in [0, 0.1) is 13.8 Å². The van der Waals surface area contributed by atoms with Crippen molar-refractivity contribution < 1.29 is 0 Å². The van der Waals surface area contributed by atoms with Crippen LogP contribution >= 0.6 is 0 Å². The predicted molar refractivity (Wildman–Crippen MR) is 181 cm³/mol. The van der Waals surface area contributed by atoms with Crippen molar-refractivity contribution >= 4 is 34.2 Å². The van der Waals surface area contributed by atoms with Crippen molar-refractivity contribution in [1.29, 1.82) is 0 Å². The molecular weight excluding hydrogens is 524 g/mol. The highest BCUT2D eigenvalue weighted by molar-refractivity contribution is 5.95. The molecule has 0 fully saturated rings. The number of aromatic nitrogens is 4. The second kappa shape index (κ2) is 10.2. The average molecular weight is 563 g/mol. The summed E-state index contributed by atoms with van der Waals surface area (Å²) in [5, 5.41) is 0. The number of fused-ring (bicyclic) bond motifs is 8. The van der Waals surface area contributed by atoms with Crippen LogP contribution in [0.1, 0.15) is 73.1 Å². The standard InChI is InChI=1S/C39H38N4/c1-23(2)26-8-10-27(11-9-26)37-32-15-13-29(41-32)21-36-39(5,6)22-30(42-36)20-28-12-16-34(40-28)38(35-18-17-33(37)43-35)31-14-7-24(3)19-25(31)4/h7-21,23,40-41H,22H2,1-6H3. The first-order valence-corrected chi connectivity index (χ1v) is 15.2. The maximum Gasteiger partial charge on any atom is 0.0737 e. The molecular formula is C39H38N4. The van der Waals surface area contributed by atoms with Crippen LogP contribution in [0.15, 0.2) is 78.9 Å². The summed E-state index contributed by atoms with van der Waals surface area (Å²) in [4.78, 5) is 17.9. The molecule has 0 amide bonds. The second-order valence-electron chi connectivity index (χ2n) is 13.1. The summed E-state index contributed by atoms with van der Waals surface area (Å²) >= 11 is 0. The van der Waals surface area contributed by atoms with Crippen molar-refractivity contribution in [3.05, 3.63) is 118 Å². The Kier molecular flexibility index (Phi) is 6.46. The summed E-state index contributed by atoms with van der Waals surface area (Å²) in [7, 11) is 0. The van der Waals surface area contributed by atoms with Crippen LogP contribution in [0.2, 0.25) is 0 Å². The van der Waals surface area contributed by atoms with Gasteiger partial charge in [0, 0.05) is 56.4 Å². The molecule has 3 aromatic heterocycles. The smallest absolute Gasteiger partial charge is 0.0737 e. The predicted octanol–water partition coefficient (Wildman–Crippen LogP) is 10.1. The van der Waals surface area contributed by atoms with Gasteiger partial charge in [-0.2, -0.15) is 0 Å². The molecule has 5 heterocycles. The first-order chi connectivity index (χ1) is 20.6. The zero-order valence-electron chi connectivity index (χ0n) is 25.8. The van der Waals surface area contributed by atoms with E-state index in [2.05, 4.69) is 143 Å². The molecule has 0 radical (unpaired) electrons. The summed E-state index contributed by atoms with van der Waals surface area (Å²) in [5.41, 5.74) is 16.5. The SMILES string of the molecule is Cc1ccc(-c2c3nc(c(-c4ccc(C(C)C)cc4)c4ccc(cc5nc(cc6ccc2[nH]6)CC5(C)C)[nH]4)C=C3)c(C)c1. The molecule has 4 heteroatoms. The summed E-state index contributed by atoms with van der Waals surface area (Å²) in [6.45, 7) is 13.3. The van der Waals surface area contributed by atoms with E-state index in [-0.39, 0.29) is 5.41 Å². The zero-order valence-corrected chi connectivity index (χ0v) is 25.8. The summed E-state index contributed by atoms with van der Waals surface area (Å²) in [5.74, 6) is 0.474. The molecule has 2 aliphatic rings. The van der Waals surface area contributed by atoms with Crippen molar-refractivity contribution in [2.24, 2.45) is 0 Å². The topological polar surface area (TPSA) is 57.4 Å². The van der Waals surface area contributed by atoms with E-state index in [4.69, 9.17) is 9.97 Å². The maximum atomic E-state index is 5.34. The van der Waals surface area contributed by atoms with E-state index >= 15 is 0 Å². The minimum Gasteiger partial charge on any atom is -0.355 e. The first kappa shape index (κ1) is 27.2. The highest BCUT2D eigenvalue weighted by Gasteiger charge is 2.28. The zero-order chi connectivity index (χ0) is 29.9. The quantitative estimate of drug-likeness (QED) is 0.225. The third-order valence-corrected chi connectivity index (χ3v) is 8.82. The number of rotatable bonds is 3. The summed E-state index contributed by atoms with van der Waals surface area (Å²) < 4.78 is 0. The van der Waals surface area contributed by atoms with Gasteiger partial charge in [0.2, 0.25) is 0 Å². The van der Waals surface area contributed by atoms with E-state index in [1.807, 2.05) is 0 Å². The highest BCUT2D eigenvalue weighted by atomic mass is 14.8.